The van der Waals surface area contributed by atoms with Gasteiger partial charge in [-0.05, 0) is 37.5 Å². The highest BCUT2D eigenvalue weighted by atomic mass is 16.1. The summed E-state index contributed by atoms with van der Waals surface area (Å²) in [6.07, 6.45) is 6.52. The Labute approximate surface area is 94.6 Å². The third-order valence-corrected chi connectivity index (χ3v) is 4.15. The van der Waals surface area contributed by atoms with Crippen molar-refractivity contribution in [3.63, 3.8) is 0 Å². The van der Waals surface area contributed by atoms with Gasteiger partial charge in [0.2, 0.25) is 0 Å². The highest BCUT2D eigenvalue weighted by Gasteiger charge is 2.40. The molecule has 1 unspecified atom stereocenters. The van der Waals surface area contributed by atoms with E-state index >= 15 is 0 Å². The first-order valence-electron chi connectivity index (χ1n) is 6.53. The van der Waals surface area contributed by atoms with Gasteiger partial charge >= 0.3 is 0 Å². The average molecular weight is 210 g/mol. The van der Waals surface area contributed by atoms with Crippen LogP contribution in [0.25, 0.3) is 0 Å². The van der Waals surface area contributed by atoms with Crippen molar-refractivity contribution >= 4 is 5.78 Å². The van der Waals surface area contributed by atoms with E-state index in [2.05, 4.69) is 27.7 Å². The minimum atomic E-state index is 0.0180. The molecule has 1 aliphatic carbocycles. The summed E-state index contributed by atoms with van der Waals surface area (Å²) in [4.78, 5) is 12.1. The van der Waals surface area contributed by atoms with Crippen LogP contribution in [0, 0.1) is 17.3 Å². The number of carbonyl (C=O) groups excluding carboxylic acids is 1. The number of ketones is 1. The van der Waals surface area contributed by atoms with Crippen LogP contribution in [0.3, 0.4) is 0 Å². The Bertz CT molecular complexity index is 219. The van der Waals surface area contributed by atoms with Gasteiger partial charge in [-0.25, -0.2) is 0 Å². The van der Waals surface area contributed by atoms with Gasteiger partial charge in [-0.1, -0.05) is 34.1 Å². The lowest BCUT2D eigenvalue weighted by Gasteiger charge is -2.23. The minimum Gasteiger partial charge on any atom is -0.299 e. The molecule has 0 saturated heterocycles. The largest absolute Gasteiger partial charge is 0.299 e. The predicted molar refractivity (Wildman–Crippen MR) is 64.8 cm³/mol. The van der Waals surface area contributed by atoms with Crippen LogP contribution < -0.4 is 0 Å². The molecule has 0 spiro atoms. The van der Waals surface area contributed by atoms with Gasteiger partial charge in [0.15, 0.2) is 0 Å². The molecule has 0 bridgehead atoms. The fourth-order valence-electron chi connectivity index (χ4n) is 2.75. The Kier molecular flexibility index (Phi) is 4.36. The Balaban J connectivity index is 2.50. The molecule has 2 atom stereocenters. The zero-order chi connectivity index (χ0) is 11.5. The van der Waals surface area contributed by atoms with Gasteiger partial charge in [0.1, 0.15) is 5.78 Å². The molecule has 1 fully saturated rings. The SMILES string of the molecule is CCCCC(=O)[C@]1(C)CCC(C(C)C)C1. The average Bonchev–Trinajstić information content (AvgIpc) is 2.59. The van der Waals surface area contributed by atoms with Gasteiger partial charge in [0, 0.05) is 11.8 Å². The van der Waals surface area contributed by atoms with Crippen LogP contribution in [0.4, 0.5) is 0 Å². The molecule has 88 valence electrons. The monoisotopic (exact) mass is 210 g/mol. The first-order chi connectivity index (χ1) is 6.99. The van der Waals surface area contributed by atoms with E-state index in [1.165, 1.54) is 6.42 Å². The van der Waals surface area contributed by atoms with Crippen LogP contribution in [0.15, 0.2) is 0 Å². The lowest BCUT2D eigenvalue weighted by molar-refractivity contribution is -0.128. The molecule has 0 aromatic heterocycles. The number of Topliss-reactive ketones (excluding diaryl/α,β-unsaturated/α-hetero) is 1. The van der Waals surface area contributed by atoms with E-state index in [9.17, 15) is 4.79 Å². The molecular formula is C14H26O. The van der Waals surface area contributed by atoms with Gasteiger partial charge in [0.25, 0.3) is 0 Å². The lowest BCUT2D eigenvalue weighted by Crippen LogP contribution is -2.25. The molecule has 1 saturated carbocycles. The fraction of sp³-hybridized carbons (Fsp3) is 0.929. The molecule has 0 aliphatic heterocycles. The second-order valence-electron chi connectivity index (χ2n) is 5.83. The van der Waals surface area contributed by atoms with Crippen LogP contribution in [0.5, 0.6) is 0 Å². The minimum absolute atomic E-state index is 0.0180. The van der Waals surface area contributed by atoms with Crippen molar-refractivity contribution in [3.05, 3.63) is 0 Å². The highest BCUT2D eigenvalue weighted by molar-refractivity contribution is 5.84. The van der Waals surface area contributed by atoms with Gasteiger partial charge in [-0.15, -0.1) is 0 Å². The van der Waals surface area contributed by atoms with E-state index in [4.69, 9.17) is 0 Å². The summed E-state index contributed by atoms with van der Waals surface area (Å²) < 4.78 is 0. The van der Waals surface area contributed by atoms with Crippen molar-refractivity contribution in [2.24, 2.45) is 17.3 Å². The van der Waals surface area contributed by atoms with Crippen molar-refractivity contribution in [1.82, 2.24) is 0 Å². The lowest BCUT2D eigenvalue weighted by atomic mass is 9.80. The summed E-state index contributed by atoms with van der Waals surface area (Å²) in [5.74, 6) is 2.04. The molecule has 1 rings (SSSR count). The maximum absolute atomic E-state index is 12.1. The topological polar surface area (TPSA) is 17.1 Å². The molecule has 0 aromatic carbocycles. The molecule has 0 heterocycles. The Morgan fingerprint density at radius 1 is 1.47 bits per heavy atom. The smallest absolute Gasteiger partial charge is 0.138 e. The van der Waals surface area contributed by atoms with E-state index < -0.39 is 0 Å². The quantitative estimate of drug-likeness (QED) is 0.664. The molecule has 1 nitrogen and oxygen atoms in total. The fourth-order valence-corrected chi connectivity index (χ4v) is 2.75. The normalized spacial score (nSPS) is 31.1. The molecule has 0 amide bonds. The Morgan fingerprint density at radius 3 is 2.60 bits per heavy atom. The van der Waals surface area contributed by atoms with Crippen LogP contribution in [-0.4, -0.2) is 5.78 Å². The summed E-state index contributed by atoms with van der Waals surface area (Å²) in [7, 11) is 0. The second kappa shape index (κ2) is 5.14. The van der Waals surface area contributed by atoms with Crippen molar-refractivity contribution in [1.29, 1.82) is 0 Å². The molecule has 0 aromatic rings. The number of hydrogen-bond donors (Lipinski definition) is 0. The molecule has 1 aliphatic rings. The molecule has 0 N–H and O–H groups in total. The van der Waals surface area contributed by atoms with Gasteiger partial charge < -0.3 is 0 Å². The van der Waals surface area contributed by atoms with Crippen LogP contribution >= 0.6 is 0 Å². The maximum Gasteiger partial charge on any atom is 0.138 e. The third-order valence-electron chi connectivity index (χ3n) is 4.15. The van der Waals surface area contributed by atoms with E-state index in [1.54, 1.807) is 0 Å². The number of carbonyl (C=O) groups is 1. The summed E-state index contributed by atoms with van der Waals surface area (Å²) in [6.45, 7) is 8.91. The maximum atomic E-state index is 12.1. The van der Waals surface area contributed by atoms with Gasteiger partial charge in [-0.3, -0.25) is 4.79 Å². The van der Waals surface area contributed by atoms with E-state index in [1.807, 2.05) is 0 Å². The summed E-state index contributed by atoms with van der Waals surface area (Å²) in [6, 6.07) is 0. The van der Waals surface area contributed by atoms with Crippen LogP contribution in [0.1, 0.15) is 66.2 Å². The molecular weight excluding hydrogens is 184 g/mol. The number of hydrogen-bond acceptors (Lipinski definition) is 1. The van der Waals surface area contributed by atoms with E-state index in [0.717, 1.165) is 43.9 Å². The summed E-state index contributed by atoms with van der Waals surface area (Å²) in [5, 5.41) is 0. The second-order valence-corrected chi connectivity index (χ2v) is 5.83. The van der Waals surface area contributed by atoms with Gasteiger partial charge in [0.05, 0.1) is 0 Å². The van der Waals surface area contributed by atoms with Crippen molar-refractivity contribution < 1.29 is 4.79 Å². The number of rotatable bonds is 5. The zero-order valence-electron chi connectivity index (χ0n) is 10.8. The Hall–Kier alpha value is -0.330. The first kappa shape index (κ1) is 12.7. The van der Waals surface area contributed by atoms with Crippen molar-refractivity contribution in [2.45, 2.75) is 66.2 Å². The van der Waals surface area contributed by atoms with Crippen LogP contribution in [-0.2, 0) is 4.79 Å². The van der Waals surface area contributed by atoms with Crippen molar-refractivity contribution in [3.8, 4) is 0 Å². The van der Waals surface area contributed by atoms with Crippen LogP contribution in [0.2, 0.25) is 0 Å². The standard InChI is InChI=1S/C14H26O/c1-5-6-7-13(15)14(4)9-8-12(10-14)11(2)3/h11-12H,5-10H2,1-4H3/t12?,14-/m1/s1. The summed E-state index contributed by atoms with van der Waals surface area (Å²) >= 11 is 0. The van der Waals surface area contributed by atoms with Gasteiger partial charge in [-0.2, -0.15) is 0 Å². The summed E-state index contributed by atoms with van der Waals surface area (Å²) in [5.41, 5.74) is 0.0180. The third kappa shape index (κ3) is 3.06. The predicted octanol–water partition coefficient (Wildman–Crippen LogP) is 4.21. The molecule has 0 radical (unpaired) electrons. The van der Waals surface area contributed by atoms with Crippen molar-refractivity contribution in [2.75, 3.05) is 0 Å². The molecule has 15 heavy (non-hydrogen) atoms. The number of unbranched alkanes of at least 4 members (excludes halogenated alkanes) is 1. The zero-order valence-corrected chi connectivity index (χ0v) is 10.8. The Morgan fingerprint density at radius 2 is 2.13 bits per heavy atom. The first-order valence-corrected chi connectivity index (χ1v) is 6.53. The van der Waals surface area contributed by atoms with E-state index in [-0.39, 0.29) is 5.41 Å². The highest BCUT2D eigenvalue weighted by Crippen LogP contribution is 2.45. The molecule has 1 heteroatoms. The van der Waals surface area contributed by atoms with E-state index in [0.29, 0.717) is 5.78 Å².